The van der Waals surface area contributed by atoms with Gasteiger partial charge >= 0.3 is 0 Å². The fraction of sp³-hybridized carbons (Fsp3) is 0.625. The van der Waals surface area contributed by atoms with Gasteiger partial charge in [-0.3, -0.25) is 4.90 Å². The summed E-state index contributed by atoms with van der Waals surface area (Å²) in [6, 6.07) is 9.67. The molecule has 0 spiro atoms. The third-order valence-corrected chi connectivity index (χ3v) is 4.73. The number of likely N-dealkylation sites (tertiary alicyclic amines) is 1. The van der Waals surface area contributed by atoms with Gasteiger partial charge in [-0.1, -0.05) is 17.7 Å². The van der Waals surface area contributed by atoms with Crippen molar-refractivity contribution in [1.29, 1.82) is 0 Å². The Bertz CT molecular complexity index is 415. The van der Waals surface area contributed by atoms with Crippen LogP contribution in [0.15, 0.2) is 24.3 Å². The highest BCUT2D eigenvalue weighted by Gasteiger charge is 2.32. The quantitative estimate of drug-likeness (QED) is 0.899. The van der Waals surface area contributed by atoms with Gasteiger partial charge in [-0.25, -0.2) is 0 Å². The first-order valence-electron chi connectivity index (χ1n) is 7.52. The minimum Gasteiger partial charge on any atom is -0.370 e. The molecule has 2 unspecified atom stereocenters. The van der Waals surface area contributed by atoms with E-state index in [9.17, 15) is 0 Å². The van der Waals surface area contributed by atoms with Crippen molar-refractivity contribution in [3.8, 4) is 0 Å². The number of aryl methyl sites for hydroxylation is 1. The van der Waals surface area contributed by atoms with Gasteiger partial charge in [-0.15, -0.1) is 0 Å². The maximum absolute atomic E-state index is 5.79. The molecule has 2 saturated heterocycles. The Kier molecular flexibility index (Phi) is 3.76. The van der Waals surface area contributed by atoms with E-state index in [0.29, 0.717) is 0 Å². The number of nitrogens with zero attached hydrogens (tertiary/aromatic N) is 2. The summed E-state index contributed by atoms with van der Waals surface area (Å²) in [4.78, 5) is 5.19. The summed E-state index contributed by atoms with van der Waals surface area (Å²) >= 11 is 0. The SMILES string of the molecule is Cc1ccc(N2CCC(N3CCC(CN)C3)C2)cc1. The zero-order valence-electron chi connectivity index (χ0n) is 11.9. The minimum atomic E-state index is 0.730. The van der Waals surface area contributed by atoms with E-state index in [-0.39, 0.29) is 0 Å². The van der Waals surface area contributed by atoms with E-state index in [0.717, 1.165) is 18.5 Å². The molecule has 0 aliphatic carbocycles. The average Bonchev–Trinajstić information content (AvgIpc) is 3.08. The molecule has 2 N–H and O–H groups in total. The first-order chi connectivity index (χ1) is 9.26. The molecule has 2 aliphatic heterocycles. The molecule has 0 aromatic heterocycles. The Morgan fingerprint density at radius 2 is 1.89 bits per heavy atom. The Morgan fingerprint density at radius 3 is 2.58 bits per heavy atom. The second kappa shape index (κ2) is 5.51. The fourth-order valence-electron chi connectivity index (χ4n) is 3.42. The van der Waals surface area contributed by atoms with Gasteiger partial charge < -0.3 is 10.6 Å². The van der Waals surface area contributed by atoms with Crippen LogP contribution >= 0.6 is 0 Å². The van der Waals surface area contributed by atoms with Crippen molar-refractivity contribution in [3.63, 3.8) is 0 Å². The topological polar surface area (TPSA) is 32.5 Å². The monoisotopic (exact) mass is 259 g/mol. The highest BCUT2D eigenvalue weighted by atomic mass is 15.3. The molecule has 0 radical (unpaired) electrons. The van der Waals surface area contributed by atoms with Crippen LogP contribution in [-0.2, 0) is 0 Å². The molecular weight excluding hydrogens is 234 g/mol. The molecular formula is C16H25N3. The smallest absolute Gasteiger partial charge is 0.0366 e. The van der Waals surface area contributed by atoms with Gasteiger partial charge in [0, 0.05) is 31.4 Å². The Morgan fingerprint density at radius 1 is 1.11 bits per heavy atom. The molecule has 2 aliphatic rings. The average molecular weight is 259 g/mol. The van der Waals surface area contributed by atoms with E-state index in [1.807, 2.05) is 0 Å². The van der Waals surface area contributed by atoms with Crippen LogP contribution in [0.5, 0.6) is 0 Å². The van der Waals surface area contributed by atoms with Gasteiger partial charge in [0.05, 0.1) is 0 Å². The first-order valence-corrected chi connectivity index (χ1v) is 7.52. The van der Waals surface area contributed by atoms with Crippen LogP contribution in [0.1, 0.15) is 18.4 Å². The van der Waals surface area contributed by atoms with Gasteiger partial charge in [0.2, 0.25) is 0 Å². The molecule has 0 amide bonds. The van der Waals surface area contributed by atoms with Gasteiger partial charge in [0.1, 0.15) is 0 Å². The lowest BCUT2D eigenvalue weighted by atomic mass is 10.1. The van der Waals surface area contributed by atoms with Crippen LogP contribution < -0.4 is 10.6 Å². The number of nitrogens with two attached hydrogens (primary N) is 1. The standard InChI is InChI=1S/C16H25N3/c1-13-2-4-15(5-3-13)19-9-7-16(12-19)18-8-6-14(10-17)11-18/h2-5,14,16H,6-12,17H2,1H3. The summed E-state index contributed by atoms with van der Waals surface area (Å²) in [5.74, 6) is 0.730. The lowest BCUT2D eigenvalue weighted by Crippen LogP contribution is -2.36. The van der Waals surface area contributed by atoms with Crippen LogP contribution in [0, 0.1) is 12.8 Å². The predicted molar refractivity (Wildman–Crippen MR) is 80.5 cm³/mol. The maximum atomic E-state index is 5.79. The molecule has 104 valence electrons. The molecule has 2 heterocycles. The van der Waals surface area contributed by atoms with E-state index < -0.39 is 0 Å². The molecule has 1 aromatic carbocycles. The summed E-state index contributed by atoms with van der Waals surface area (Å²) in [5.41, 5.74) is 8.51. The maximum Gasteiger partial charge on any atom is 0.0366 e. The molecule has 3 nitrogen and oxygen atoms in total. The summed E-state index contributed by atoms with van der Waals surface area (Å²) in [5, 5.41) is 0. The molecule has 3 heteroatoms. The number of hydrogen-bond donors (Lipinski definition) is 1. The minimum absolute atomic E-state index is 0.730. The molecule has 3 rings (SSSR count). The first kappa shape index (κ1) is 12.9. The normalized spacial score (nSPS) is 28.2. The van der Waals surface area contributed by atoms with Crippen molar-refractivity contribution >= 4 is 5.69 Å². The van der Waals surface area contributed by atoms with E-state index in [4.69, 9.17) is 5.73 Å². The lowest BCUT2D eigenvalue weighted by molar-refractivity contribution is 0.251. The van der Waals surface area contributed by atoms with E-state index in [1.54, 1.807) is 0 Å². The number of rotatable bonds is 3. The summed E-state index contributed by atoms with van der Waals surface area (Å²) < 4.78 is 0. The third-order valence-electron chi connectivity index (χ3n) is 4.73. The molecule has 0 bridgehead atoms. The molecule has 2 fully saturated rings. The fourth-order valence-corrected chi connectivity index (χ4v) is 3.42. The van der Waals surface area contributed by atoms with E-state index in [1.165, 1.54) is 50.3 Å². The second-order valence-electron chi connectivity index (χ2n) is 6.11. The zero-order valence-corrected chi connectivity index (χ0v) is 11.9. The van der Waals surface area contributed by atoms with Crippen molar-refractivity contribution in [2.45, 2.75) is 25.8 Å². The van der Waals surface area contributed by atoms with Crippen molar-refractivity contribution in [2.24, 2.45) is 11.7 Å². The largest absolute Gasteiger partial charge is 0.370 e. The van der Waals surface area contributed by atoms with Gasteiger partial charge in [0.15, 0.2) is 0 Å². The van der Waals surface area contributed by atoms with Gasteiger partial charge in [-0.2, -0.15) is 0 Å². The zero-order chi connectivity index (χ0) is 13.2. The lowest BCUT2D eigenvalue weighted by Gasteiger charge is -2.25. The summed E-state index contributed by atoms with van der Waals surface area (Å²) in [7, 11) is 0. The van der Waals surface area contributed by atoms with Gasteiger partial charge in [0.25, 0.3) is 0 Å². The van der Waals surface area contributed by atoms with Crippen molar-refractivity contribution in [2.75, 3.05) is 37.6 Å². The molecule has 19 heavy (non-hydrogen) atoms. The number of hydrogen-bond acceptors (Lipinski definition) is 3. The Hall–Kier alpha value is -1.06. The van der Waals surface area contributed by atoms with Crippen LogP contribution in [0.3, 0.4) is 0 Å². The predicted octanol–water partition coefficient (Wildman–Crippen LogP) is 1.85. The second-order valence-corrected chi connectivity index (χ2v) is 6.11. The highest BCUT2D eigenvalue weighted by molar-refractivity contribution is 5.48. The number of benzene rings is 1. The molecule has 0 saturated carbocycles. The highest BCUT2D eigenvalue weighted by Crippen LogP contribution is 2.26. The van der Waals surface area contributed by atoms with Crippen LogP contribution in [0.25, 0.3) is 0 Å². The molecule has 2 atom stereocenters. The Labute approximate surface area is 116 Å². The van der Waals surface area contributed by atoms with Gasteiger partial charge in [-0.05, 0) is 50.9 Å². The van der Waals surface area contributed by atoms with E-state index >= 15 is 0 Å². The summed E-state index contributed by atoms with van der Waals surface area (Å²) in [6.07, 6.45) is 2.59. The van der Waals surface area contributed by atoms with E-state index in [2.05, 4.69) is 41.0 Å². The Balaban J connectivity index is 1.60. The third kappa shape index (κ3) is 2.77. The van der Waals surface area contributed by atoms with Crippen molar-refractivity contribution in [3.05, 3.63) is 29.8 Å². The van der Waals surface area contributed by atoms with Crippen molar-refractivity contribution < 1.29 is 0 Å². The van der Waals surface area contributed by atoms with Crippen LogP contribution in [0.2, 0.25) is 0 Å². The van der Waals surface area contributed by atoms with Crippen LogP contribution in [-0.4, -0.2) is 43.7 Å². The summed E-state index contributed by atoms with van der Waals surface area (Å²) in [6.45, 7) is 7.83. The van der Waals surface area contributed by atoms with Crippen molar-refractivity contribution in [1.82, 2.24) is 4.90 Å². The van der Waals surface area contributed by atoms with Crippen LogP contribution in [0.4, 0.5) is 5.69 Å². The number of anilines is 1. The molecule has 1 aromatic rings.